The number of carbonyl (C=O) groups excluding carboxylic acids is 2. The predicted octanol–water partition coefficient (Wildman–Crippen LogP) is 1.13. The van der Waals surface area contributed by atoms with E-state index in [1.807, 2.05) is 30.3 Å². The van der Waals surface area contributed by atoms with E-state index in [2.05, 4.69) is 0 Å². The van der Waals surface area contributed by atoms with Crippen molar-refractivity contribution in [3.05, 3.63) is 35.9 Å². The van der Waals surface area contributed by atoms with Crippen molar-refractivity contribution >= 4 is 17.7 Å². The van der Waals surface area contributed by atoms with E-state index in [0.717, 1.165) is 12.5 Å². The van der Waals surface area contributed by atoms with Gasteiger partial charge in [-0.3, -0.25) is 14.4 Å². The molecule has 0 atom stereocenters. The zero-order valence-electron chi connectivity index (χ0n) is 11.4. The summed E-state index contributed by atoms with van der Waals surface area (Å²) in [5, 5.41) is 7.42. The monoisotopic (exact) mass is 281 g/mol. The Labute approximate surface area is 117 Å². The molecule has 0 aliphatic rings. The summed E-state index contributed by atoms with van der Waals surface area (Å²) < 4.78 is 4.99. The normalized spacial score (nSPS) is 9.10. The van der Waals surface area contributed by atoms with Crippen LogP contribution in [0.1, 0.15) is 25.3 Å². The van der Waals surface area contributed by atoms with Gasteiger partial charge >= 0.3 is 5.97 Å². The predicted molar refractivity (Wildman–Crippen MR) is 72.8 cm³/mol. The van der Waals surface area contributed by atoms with Crippen LogP contribution >= 0.6 is 0 Å². The van der Waals surface area contributed by atoms with E-state index in [-0.39, 0.29) is 37.7 Å². The van der Waals surface area contributed by atoms with Crippen LogP contribution in [0.25, 0.3) is 0 Å². The lowest BCUT2D eigenvalue weighted by Gasteiger charge is -2.04. The number of Topliss-reactive ketones (excluding diaryl/α,β-unsaturated/α-hetero) is 1. The second-order valence-electron chi connectivity index (χ2n) is 3.91. The number of carbonyl (C=O) groups is 3. The number of nitrogens with two attached hydrogens (primary N) is 1. The van der Waals surface area contributed by atoms with Crippen molar-refractivity contribution in [3.63, 3.8) is 0 Å². The van der Waals surface area contributed by atoms with E-state index in [0.29, 0.717) is 0 Å². The molecule has 110 valence electrons. The number of ether oxygens (including phenoxy) is 1. The highest BCUT2D eigenvalue weighted by molar-refractivity contribution is 5.84. The van der Waals surface area contributed by atoms with E-state index in [9.17, 15) is 9.59 Å². The Morgan fingerprint density at radius 3 is 2.20 bits per heavy atom. The fourth-order valence-electron chi connectivity index (χ4n) is 1.15. The number of ketones is 1. The maximum Gasteiger partial charge on any atom is 0.306 e. The van der Waals surface area contributed by atoms with Crippen molar-refractivity contribution in [1.29, 1.82) is 0 Å². The van der Waals surface area contributed by atoms with Gasteiger partial charge in [-0.15, -0.1) is 0 Å². The molecule has 1 aromatic carbocycles. The van der Waals surface area contributed by atoms with Crippen molar-refractivity contribution in [1.82, 2.24) is 0 Å². The minimum absolute atomic E-state index is 0.0219. The van der Waals surface area contributed by atoms with E-state index >= 15 is 0 Å². The maximum absolute atomic E-state index is 11.2. The van der Waals surface area contributed by atoms with Crippen LogP contribution in [0.3, 0.4) is 0 Å². The molecule has 3 N–H and O–H groups in total. The minimum Gasteiger partial charge on any atom is -0.481 e. The van der Waals surface area contributed by atoms with E-state index in [1.165, 1.54) is 0 Å². The Bertz CT molecular complexity index is 426. The van der Waals surface area contributed by atoms with Crippen LogP contribution in [-0.2, 0) is 25.7 Å². The van der Waals surface area contributed by atoms with Crippen LogP contribution in [0, 0.1) is 0 Å². The van der Waals surface area contributed by atoms with Crippen molar-refractivity contribution in [2.24, 2.45) is 5.73 Å². The van der Waals surface area contributed by atoms with Gasteiger partial charge in [-0.1, -0.05) is 30.3 Å². The van der Waals surface area contributed by atoms with Gasteiger partial charge in [-0.05, 0) is 5.56 Å². The van der Waals surface area contributed by atoms with Crippen molar-refractivity contribution < 1.29 is 24.2 Å². The average Bonchev–Trinajstić information content (AvgIpc) is 2.43. The van der Waals surface area contributed by atoms with Gasteiger partial charge in [-0.2, -0.15) is 0 Å². The lowest BCUT2D eigenvalue weighted by atomic mass is 10.2. The molecule has 0 aromatic heterocycles. The fraction of sp³-hybridized carbons (Fsp3) is 0.357. The third-order valence-electron chi connectivity index (χ3n) is 2.08. The molecule has 20 heavy (non-hydrogen) atoms. The standard InChI is InChI=1S/C12H15NO3.C2H4O2/c13-8-11(14)6-7-12(15)16-9-10-4-2-1-3-5-10;1-2(3)4/h1-5H,6-9,13H2;1H3,(H,3,4). The average molecular weight is 281 g/mol. The lowest BCUT2D eigenvalue weighted by molar-refractivity contribution is -0.146. The topological polar surface area (TPSA) is 107 Å². The number of hydrogen-bond donors (Lipinski definition) is 2. The Hall–Kier alpha value is -2.21. The van der Waals surface area contributed by atoms with E-state index in [1.54, 1.807) is 0 Å². The zero-order valence-corrected chi connectivity index (χ0v) is 11.4. The van der Waals surface area contributed by atoms with Crippen LogP contribution in [0.15, 0.2) is 30.3 Å². The van der Waals surface area contributed by atoms with Gasteiger partial charge in [0.25, 0.3) is 5.97 Å². The highest BCUT2D eigenvalue weighted by atomic mass is 16.5. The number of carboxylic acid groups (broad SMARTS) is 1. The van der Waals surface area contributed by atoms with Gasteiger partial charge in [0, 0.05) is 13.3 Å². The van der Waals surface area contributed by atoms with Gasteiger partial charge in [0.2, 0.25) is 0 Å². The van der Waals surface area contributed by atoms with Crippen LogP contribution in [0.4, 0.5) is 0 Å². The molecule has 0 amide bonds. The van der Waals surface area contributed by atoms with Crippen molar-refractivity contribution in [2.45, 2.75) is 26.4 Å². The molecule has 1 rings (SSSR count). The molecular weight excluding hydrogens is 262 g/mol. The smallest absolute Gasteiger partial charge is 0.306 e. The number of aliphatic carboxylic acids is 1. The molecule has 0 saturated carbocycles. The van der Waals surface area contributed by atoms with Crippen molar-refractivity contribution in [2.75, 3.05) is 6.54 Å². The van der Waals surface area contributed by atoms with Gasteiger partial charge in [0.1, 0.15) is 12.4 Å². The lowest BCUT2D eigenvalue weighted by Crippen LogP contribution is -2.15. The first-order valence-corrected chi connectivity index (χ1v) is 6.06. The summed E-state index contributed by atoms with van der Waals surface area (Å²) in [7, 11) is 0. The summed E-state index contributed by atoms with van der Waals surface area (Å²) in [6.07, 6.45) is 0.257. The Balaban J connectivity index is 0.000000796. The SMILES string of the molecule is CC(=O)O.NCC(=O)CCC(=O)OCc1ccccc1. The van der Waals surface area contributed by atoms with Crippen LogP contribution in [0.2, 0.25) is 0 Å². The Kier molecular flexibility index (Phi) is 9.51. The number of esters is 1. The summed E-state index contributed by atoms with van der Waals surface area (Å²) >= 11 is 0. The molecule has 0 fully saturated rings. The summed E-state index contributed by atoms with van der Waals surface area (Å²) in [5.41, 5.74) is 6.05. The molecule has 6 heteroatoms. The quantitative estimate of drug-likeness (QED) is 0.757. The Morgan fingerprint density at radius 2 is 1.70 bits per heavy atom. The molecule has 1 aromatic rings. The first-order valence-electron chi connectivity index (χ1n) is 6.06. The molecule has 0 heterocycles. The highest BCUT2D eigenvalue weighted by Crippen LogP contribution is 2.02. The molecule has 0 aliphatic carbocycles. The molecule has 6 nitrogen and oxygen atoms in total. The molecule has 0 spiro atoms. The fourth-order valence-corrected chi connectivity index (χ4v) is 1.15. The number of hydrogen-bond acceptors (Lipinski definition) is 5. The third-order valence-corrected chi connectivity index (χ3v) is 2.08. The molecule has 0 saturated heterocycles. The number of carboxylic acids is 1. The summed E-state index contributed by atoms with van der Waals surface area (Å²) in [5.74, 6) is -1.33. The minimum atomic E-state index is -0.833. The van der Waals surface area contributed by atoms with Crippen LogP contribution in [-0.4, -0.2) is 29.4 Å². The third kappa shape index (κ3) is 10.9. The van der Waals surface area contributed by atoms with Gasteiger partial charge in [0.05, 0.1) is 13.0 Å². The highest BCUT2D eigenvalue weighted by Gasteiger charge is 2.06. The van der Waals surface area contributed by atoms with Gasteiger partial charge in [0.15, 0.2) is 0 Å². The van der Waals surface area contributed by atoms with Crippen molar-refractivity contribution in [3.8, 4) is 0 Å². The second kappa shape index (κ2) is 10.7. The molecule has 0 unspecified atom stereocenters. The summed E-state index contributed by atoms with van der Waals surface area (Å²) in [4.78, 5) is 31.1. The second-order valence-corrected chi connectivity index (χ2v) is 3.91. The van der Waals surface area contributed by atoms with Crippen LogP contribution in [0.5, 0.6) is 0 Å². The molecule has 0 radical (unpaired) electrons. The van der Waals surface area contributed by atoms with Gasteiger partial charge in [-0.25, -0.2) is 0 Å². The number of rotatable bonds is 6. The van der Waals surface area contributed by atoms with E-state index < -0.39 is 5.97 Å². The summed E-state index contributed by atoms with van der Waals surface area (Å²) in [6.45, 7) is 1.31. The largest absolute Gasteiger partial charge is 0.481 e. The first kappa shape index (κ1) is 17.8. The molecular formula is C14H19NO5. The Morgan fingerprint density at radius 1 is 1.15 bits per heavy atom. The summed E-state index contributed by atoms with van der Waals surface area (Å²) in [6, 6.07) is 9.39. The molecule has 0 bridgehead atoms. The molecule has 0 aliphatic heterocycles. The van der Waals surface area contributed by atoms with E-state index in [4.69, 9.17) is 20.4 Å². The first-order chi connectivity index (χ1) is 9.45. The zero-order chi connectivity index (χ0) is 15.4. The van der Waals surface area contributed by atoms with Gasteiger partial charge < -0.3 is 15.6 Å². The number of benzene rings is 1. The van der Waals surface area contributed by atoms with Crippen LogP contribution < -0.4 is 5.73 Å². The maximum atomic E-state index is 11.2.